The van der Waals surface area contributed by atoms with Gasteiger partial charge in [-0.2, -0.15) is 0 Å². The van der Waals surface area contributed by atoms with Crippen molar-refractivity contribution in [2.75, 3.05) is 37.4 Å². The molecule has 0 atom stereocenters. The lowest BCUT2D eigenvalue weighted by Gasteiger charge is -2.32. The van der Waals surface area contributed by atoms with Crippen molar-refractivity contribution < 1.29 is 27.9 Å². The Balaban J connectivity index is 1.41. The van der Waals surface area contributed by atoms with Gasteiger partial charge in [0.05, 0.1) is 12.8 Å². The fraction of sp³-hybridized carbons (Fsp3) is 0.318. The first-order valence-electron chi connectivity index (χ1n) is 10.1. The second-order valence-corrected chi connectivity index (χ2v) is 7.35. The van der Waals surface area contributed by atoms with E-state index in [0.717, 1.165) is 18.2 Å². The van der Waals surface area contributed by atoms with Crippen molar-refractivity contribution in [1.29, 1.82) is 0 Å². The van der Waals surface area contributed by atoms with Crippen LogP contribution in [0.25, 0.3) is 0 Å². The Morgan fingerprint density at radius 2 is 1.72 bits per heavy atom. The molecule has 3 N–H and O–H groups in total. The van der Waals surface area contributed by atoms with Crippen molar-refractivity contribution in [1.82, 2.24) is 10.2 Å². The van der Waals surface area contributed by atoms with Gasteiger partial charge >= 0.3 is 17.8 Å². The van der Waals surface area contributed by atoms with E-state index in [1.165, 1.54) is 7.11 Å². The molecule has 170 valence electrons. The fourth-order valence-corrected chi connectivity index (χ4v) is 3.36. The Kier molecular flexibility index (Phi) is 7.58. The van der Waals surface area contributed by atoms with Gasteiger partial charge in [0.2, 0.25) is 0 Å². The molecule has 10 heteroatoms. The summed E-state index contributed by atoms with van der Waals surface area (Å²) in [6, 6.07) is 9.71. The Bertz CT molecular complexity index is 994. The minimum atomic E-state index is -1.12. The number of carbonyl (C=O) groups is 3. The SMILES string of the molecule is COc1ccccc1NC(=O)N1CCC(CNC(=O)C(=O)Nc2ccc(F)c(F)c2)CC1. The topological polar surface area (TPSA) is 99.8 Å². The van der Waals surface area contributed by atoms with E-state index in [1.54, 1.807) is 23.1 Å². The number of rotatable bonds is 5. The molecule has 0 radical (unpaired) electrons. The van der Waals surface area contributed by atoms with Crippen LogP contribution in [0.1, 0.15) is 12.8 Å². The number of methoxy groups -OCH3 is 1. The summed E-state index contributed by atoms with van der Waals surface area (Å²) in [6.45, 7) is 1.27. The van der Waals surface area contributed by atoms with Crippen molar-refractivity contribution in [2.24, 2.45) is 5.92 Å². The van der Waals surface area contributed by atoms with Gasteiger partial charge in [-0.25, -0.2) is 13.6 Å². The number of benzene rings is 2. The van der Waals surface area contributed by atoms with Gasteiger partial charge in [-0.1, -0.05) is 12.1 Å². The summed E-state index contributed by atoms with van der Waals surface area (Å²) in [5, 5.41) is 7.60. The van der Waals surface area contributed by atoms with E-state index in [2.05, 4.69) is 16.0 Å². The zero-order valence-electron chi connectivity index (χ0n) is 17.5. The van der Waals surface area contributed by atoms with Crippen LogP contribution in [-0.4, -0.2) is 49.5 Å². The number of anilines is 2. The lowest BCUT2D eigenvalue weighted by Crippen LogP contribution is -2.44. The normalized spacial score (nSPS) is 13.9. The average molecular weight is 446 g/mol. The first kappa shape index (κ1) is 23.0. The maximum Gasteiger partial charge on any atom is 0.321 e. The highest BCUT2D eigenvalue weighted by Crippen LogP contribution is 2.24. The first-order chi connectivity index (χ1) is 15.4. The van der Waals surface area contributed by atoms with Crippen LogP contribution in [-0.2, 0) is 9.59 Å². The van der Waals surface area contributed by atoms with Crippen LogP contribution in [0.5, 0.6) is 5.75 Å². The second kappa shape index (κ2) is 10.6. The van der Waals surface area contributed by atoms with E-state index in [1.807, 2.05) is 6.07 Å². The Hall–Kier alpha value is -3.69. The number of halogens is 2. The standard InChI is InChI=1S/C22H24F2N4O4/c1-32-19-5-3-2-4-18(19)27-22(31)28-10-8-14(9-11-28)13-25-20(29)21(30)26-15-6-7-16(23)17(24)12-15/h2-7,12,14H,8-11,13H2,1H3,(H,25,29)(H,26,30)(H,27,31). The average Bonchev–Trinajstić information content (AvgIpc) is 2.80. The smallest absolute Gasteiger partial charge is 0.321 e. The summed E-state index contributed by atoms with van der Waals surface area (Å²) in [5.41, 5.74) is 0.569. The van der Waals surface area contributed by atoms with Crippen molar-refractivity contribution in [3.8, 4) is 5.75 Å². The van der Waals surface area contributed by atoms with Crippen LogP contribution in [0.15, 0.2) is 42.5 Å². The van der Waals surface area contributed by atoms with E-state index in [4.69, 9.17) is 4.74 Å². The molecule has 0 bridgehead atoms. The van der Waals surface area contributed by atoms with Crippen LogP contribution in [0.2, 0.25) is 0 Å². The molecule has 4 amide bonds. The lowest BCUT2D eigenvalue weighted by molar-refractivity contribution is -0.136. The molecule has 8 nitrogen and oxygen atoms in total. The quantitative estimate of drug-likeness (QED) is 0.615. The highest BCUT2D eigenvalue weighted by atomic mass is 19.2. The number of piperidine rings is 1. The summed E-state index contributed by atoms with van der Waals surface area (Å²) in [6.07, 6.45) is 1.31. The fourth-order valence-electron chi connectivity index (χ4n) is 3.36. The Labute approximate surface area is 183 Å². The number of ether oxygens (including phenoxy) is 1. The minimum absolute atomic E-state index is 0.0154. The molecule has 0 saturated carbocycles. The molecule has 1 heterocycles. The predicted octanol–water partition coefficient (Wildman–Crippen LogP) is 2.97. The molecule has 1 aliphatic heterocycles. The molecule has 0 spiro atoms. The number of para-hydroxylation sites is 2. The van der Waals surface area contributed by atoms with Gasteiger partial charge in [-0.3, -0.25) is 9.59 Å². The van der Waals surface area contributed by atoms with Crippen molar-refractivity contribution in [3.05, 3.63) is 54.1 Å². The highest BCUT2D eigenvalue weighted by Gasteiger charge is 2.24. The maximum absolute atomic E-state index is 13.2. The largest absolute Gasteiger partial charge is 0.495 e. The third-order valence-corrected chi connectivity index (χ3v) is 5.19. The van der Waals surface area contributed by atoms with Gasteiger partial charge in [0.1, 0.15) is 5.75 Å². The number of nitrogens with zero attached hydrogens (tertiary/aromatic N) is 1. The van der Waals surface area contributed by atoms with Crippen molar-refractivity contribution in [2.45, 2.75) is 12.8 Å². The summed E-state index contributed by atoms with van der Waals surface area (Å²) in [5.74, 6) is -3.33. The molecule has 0 aromatic heterocycles. The molecule has 1 fully saturated rings. The number of hydrogen-bond acceptors (Lipinski definition) is 4. The number of carbonyl (C=O) groups excluding carboxylic acids is 3. The third-order valence-electron chi connectivity index (χ3n) is 5.19. The van der Waals surface area contributed by atoms with E-state index < -0.39 is 23.4 Å². The number of amides is 4. The molecule has 1 aliphatic rings. The third kappa shape index (κ3) is 5.93. The molecule has 0 unspecified atom stereocenters. The van der Waals surface area contributed by atoms with Gasteiger partial charge in [-0.15, -0.1) is 0 Å². The maximum atomic E-state index is 13.2. The van der Waals surface area contributed by atoms with E-state index in [-0.39, 0.29) is 24.2 Å². The van der Waals surface area contributed by atoms with E-state index in [9.17, 15) is 23.2 Å². The van der Waals surface area contributed by atoms with Gasteiger partial charge in [0.15, 0.2) is 11.6 Å². The van der Waals surface area contributed by atoms with Crippen LogP contribution in [0, 0.1) is 17.6 Å². The minimum Gasteiger partial charge on any atom is -0.495 e. The summed E-state index contributed by atoms with van der Waals surface area (Å²) in [4.78, 5) is 38.1. The molecule has 2 aromatic carbocycles. The molecular weight excluding hydrogens is 422 g/mol. The lowest BCUT2D eigenvalue weighted by atomic mass is 9.97. The number of hydrogen-bond donors (Lipinski definition) is 3. The molecule has 32 heavy (non-hydrogen) atoms. The molecule has 1 saturated heterocycles. The number of urea groups is 1. The molecule has 0 aliphatic carbocycles. The van der Waals surface area contributed by atoms with E-state index >= 15 is 0 Å². The van der Waals surface area contributed by atoms with Crippen LogP contribution >= 0.6 is 0 Å². The monoisotopic (exact) mass is 446 g/mol. The van der Waals surface area contributed by atoms with Crippen LogP contribution in [0.4, 0.5) is 25.0 Å². The molecule has 2 aromatic rings. The van der Waals surface area contributed by atoms with Gasteiger partial charge in [0.25, 0.3) is 0 Å². The first-order valence-corrected chi connectivity index (χ1v) is 10.1. The predicted molar refractivity (Wildman–Crippen MR) is 114 cm³/mol. The Morgan fingerprint density at radius 1 is 1.00 bits per heavy atom. The highest BCUT2D eigenvalue weighted by molar-refractivity contribution is 6.39. The second-order valence-electron chi connectivity index (χ2n) is 7.35. The summed E-state index contributed by atoms with van der Waals surface area (Å²) < 4.78 is 31.4. The Morgan fingerprint density at radius 3 is 2.41 bits per heavy atom. The van der Waals surface area contributed by atoms with Gasteiger partial charge in [-0.05, 0) is 43.0 Å². The molecule has 3 rings (SSSR count). The van der Waals surface area contributed by atoms with Crippen molar-refractivity contribution >= 4 is 29.2 Å². The van der Waals surface area contributed by atoms with Crippen LogP contribution < -0.4 is 20.7 Å². The zero-order chi connectivity index (χ0) is 23.1. The summed E-state index contributed by atoms with van der Waals surface area (Å²) in [7, 11) is 1.53. The van der Waals surface area contributed by atoms with Crippen LogP contribution in [0.3, 0.4) is 0 Å². The number of nitrogens with one attached hydrogen (secondary N) is 3. The van der Waals surface area contributed by atoms with Gasteiger partial charge < -0.3 is 25.6 Å². The van der Waals surface area contributed by atoms with Crippen molar-refractivity contribution in [3.63, 3.8) is 0 Å². The van der Waals surface area contributed by atoms with E-state index in [0.29, 0.717) is 37.4 Å². The molecular formula is C22H24F2N4O4. The summed E-state index contributed by atoms with van der Waals surface area (Å²) >= 11 is 0. The number of likely N-dealkylation sites (tertiary alicyclic amines) is 1. The van der Waals surface area contributed by atoms with Gasteiger partial charge in [0, 0.05) is 31.4 Å². The zero-order valence-corrected chi connectivity index (χ0v) is 17.5.